The van der Waals surface area contributed by atoms with Crippen LogP contribution in [0.5, 0.6) is 0 Å². The fourth-order valence-corrected chi connectivity index (χ4v) is 5.34. The van der Waals surface area contributed by atoms with Crippen LogP contribution in [-0.2, 0) is 4.74 Å². The van der Waals surface area contributed by atoms with E-state index in [1.165, 1.54) is 30.6 Å². The summed E-state index contributed by atoms with van der Waals surface area (Å²) in [6.07, 6.45) is 5.82. The highest BCUT2D eigenvalue weighted by molar-refractivity contribution is 7.12. The van der Waals surface area contributed by atoms with Crippen LogP contribution in [0.4, 0.5) is 5.69 Å². The third kappa shape index (κ3) is 5.29. The first-order chi connectivity index (χ1) is 15.1. The quantitative estimate of drug-likeness (QED) is 0.668. The van der Waals surface area contributed by atoms with E-state index < -0.39 is 0 Å². The van der Waals surface area contributed by atoms with Gasteiger partial charge in [0.05, 0.1) is 28.8 Å². The van der Waals surface area contributed by atoms with Gasteiger partial charge in [-0.3, -0.25) is 14.5 Å². The highest BCUT2D eigenvalue weighted by atomic mass is 35.5. The molecule has 1 aromatic heterocycles. The lowest BCUT2D eigenvalue weighted by Gasteiger charge is -2.48. The van der Waals surface area contributed by atoms with Crippen molar-refractivity contribution in [3.63, 3.8) is 0 Å². The van der Waals surface area contributed by atoms with E-state index in [9.17, 15) is 9.59 Å². The van der Waals surface area contributed by atoms with Crippen molar-refractivity contribution in [3.8, 4) is 0 Å². The first-order valence-electron chi connectivity index (χ1n) is 10.8. The van der Waals surface area contributed by atoms with E-state index in [4.69, 9.17) is 16.3 Å². The van der Waals surface area contributed by atoms with E-state index in [0.29, 0.717) is 27.7 Å². The first kappa shape index (κ1) is 22.3. The predicted octanol–water partition coefficient (Wildman–Crippen LogP) is 4.42. The zero-order valence-corrected chi connectivity index (χ0v) is 19.1. The number of thiophene rings is 1. The minimum absolute atomic E-state index is 0.000330. The van der Waals surface area contributed by atoms with Crippen LogP contribution in [0.1, 0.15) is 52.1 Å². The van der Waals surface area contributed by atoms with E-state index in [1.54, 1.807) is 24.3 Å². The minimum atomic E-state index is -0.233. The molecule has 0 radical (unpaired) electrons. The van der Waals surface area contributed by atoms with Gasteiger partial charge in [-0.05, 0) is 42.5 Å². The number of carbonyl (C=O) groups excluding carboxylic acids is 2. The van der Waals surface area contributed by atoms with Crippen molar-refractivity contribution >= 4 is 40.4 Å². The Kier molecular flexibility index (Phi) is 7.27. The molecule has 0 spiro atoms. The second kappa shape index (κ2) is 10.1. The number of halogens is 1. The van der Waals surface area contributed by atoms with Crippen molar-refractivity contribution in [3.05, 3.63) is 51.2 Å². The van der Waals surface area contributed by atoms with E-state index in [-0.39, 0.29) is 17.4 Å². The maximum atomic E-state index is 13.0. The lowest BCUT2D eigenvalue weighted by atomic mass is 9.79. The van der Waals surface area contributed by atoms with Crippen LogP contribution in [0.3, 0.4) is 0 Å². The number of morpholine rings is 1. The molecule has 1 saturated carbocycles. The summed E-state index contributed by atoms with van der Waals surface area (Å²) in [5.41, 5.74) is 0.924. The van der Waals surface area contributed by atoms with Crippen LogP contribution in [0.25, 0.3) is 0 Å². The van der Waals surface area contributed by atoms with Crippen LogP contribution in [0.2, 0.25) is 5.02 Å². The number of rotatable bonds is 6. The maximum Gasteiger partial charge on any atom is 0.265 e. The fourth-order valence-electron chi connectivity index (χ4n) is 4.55. The molecule has 1 aromatic carbocycles. The Labute approximate surface area is 191 Å². The van der Waals surface area contributed by atoms with Crippen molar-refractivity contribution < 1.29 is 14.3 Å². The van der Waals surface area contributed by atoms with Crippen LogP contribution in [0, 0.1) is 0 Å². The second-order valence-corrected chi connectivity index (χ2v) is 9.55. The molecule has 6 nitrogen and oxygen atoms in total. The summed E-state index contributed by atoms with van der Waals surface area (Å²) in [6, 6.07) is 8.56. The molecule has 2 aliphatic rings. The smallest absolute Gasteiger partial charge is 0.265 e. The van der Waals surface area contributed by atoms with Crippen molar-refractivity contribution in [2.24, 2.45) is 0 Å². The molecule has 2 aromatic rings. The molecule has 2 fully saturated rings. The van der Waals surface area contributed by atoms with E-state index in [2.05, 4.69) is 15.5 Å². The van der Waals surface area contributed by atoms with Gasteiger partial charge >= 0.3 is 0 Å². The molecular weight excluding hydrogens is 434 g/mol. The summed E-state index contributed by atoms with van der Waals surface area (Å²) in [6.45, 7) is 3.94. The lowest BCUT2D eigenvalue weighted by Crippen LogP contribution is -2.59. The number of carbonyl (C=O) groups is 2. The summed E-state index contributed by atoms with van der Waals surface area (Å²) in [7, 11) is 0. The van der Waals surface area contributed by atoms with Crippen molar-refractivity contribution in [1.29, 1.82) is 0 Å². The predicted molar refractivity (Wildman–Crippen MR) is 124 cm³/mol. The molecule has 2 N–H and O–H groups in total. The molecule has 31 heavy (non-hydrogen) atoms. The third-order valence-electron chi connectivity index (χ3n) is 6.27. The summed E-state index contributed by atoms with van der Waals surface area (Å²) in [5.74, 6) is -0.385. The fraction of sp³-hybridized carbons (Fsp3) is 0.478. The van der Waals surface area contributed by atoms with Crippen LogP contribution in [0.15, 0.2) is 35.7 Å². The van der Waals surface area contributed by atoms with Gasteiger partial charge in [0.25, 0.3) is 11.8 Å². The maximum absolute atomic E-state index is 13.0. The summed E-state index contributed by atoms with van der Waals surface area (Å²) < 4.78 is 5.54. The van der Waals surface area contributed by atoms with Gasteiger partial charge in [0.15, 0.2) is 0 Å². The highest BCUT2D eigenvalue weighted by Crippen LogP contribution is 2.34. The largest absolute Gasteiger partial charge is 0.379 e. The first-order valence-corrected chi connectivity index (χ1v) is 12.1. The summed E-state index contributed by atoms with van der Waals surface area (Å²) in [5, 5.41) is 8.21. The topological polar surface area (TPSA) is 70.7 Å². The Morgan fingerprint density at radius 1 is 1.10 bits per heavy atom. The molecule has 2 heterocycles. The number of nitrogens with one attached hydrogen (secondary N) is 2. The molecule has 166 valence electrons. The molecule has 2 amide bonds. The standard InChI is InChI=1S/C23H28ClN3O3S/c24-18-7-6-17(15-19(18)26-22(29)20-5-4-14-31-20)21(28)25-16-23(8-2-1-3-9-23)27-10-12-30-13-11-27/h4-7,14-15H,1-3,8-13,16H2,(H,25,28)(H,26,29). The number of nitrogens with zero attached hydrogens (tertiary/aromatic N) is 1. The van der Waals surface area contributed by atoms with Crippen LogP contribution < -0.4 is 10.6 Å². The van der Waals surface area contributed by atoms with E-state index in [0.717, 1.165) is 39.1 Å². The van der Waals surface area contributed by atoms with Gasteiger partial charge in [-0.15, -0.1) is 11.3 Å². The number of amides is 2. The lowest BCUT2D eigenvalue weighted by molar-refractivity contribution is -0.0361. The van der Waals surface area contributed by atoms with Gasteiger partial charge in [0, 0.05) is 30.7 Å². The molecule has 1 aliphatic carbocycles. The van der Waals surface area contributed by atoms with E-state index >= 15 is 0 Å². The van der Waals surface area contributed by atoms with Gasteiger partial charge in [-0.1, -0.05) is 36.9 Å². The minimum Gasteiger partial charge on any atom is -0.379 e. The van der Waals surface area contributed by atoms with Gasteiger partial charge < -0.3 is 15.4 Å². The van der Waals surface area contributed by atoms with Crippen LogP contribution in [-0.4, -0.2) is 55.1 Å². The van der Waals surface area contributed by atoms with Gasteiger partial charge in [-0.25, -0.2) is 0 Å². The monoisotopic (exact) mass is 461 g/mol. The van der Waals surface area contributed by atoms with E-state index in [1.807, 2.05) is 11.4 Å². The van der Waals surface area contributed by atoms with Crippen LogP contribution >= 0.6 is 22.9 Å². The zero-order chi connectivity index (χ0) is 21.7. The third-order valence-corrected chi connectivity index (χ3v) is 7.46. The molecule has 0 bridgehead atoms. The number of benzene rings is 1. The Hall–Kier alpha value is -1.93. The molecule has 0 unspecified atom stereocenters. The van der Waals surface area contributed by atoms with Gasteiger partial charge in [-0.2, -0.15) is 0 Å². The van der Waals surface area contributed by atoms with Gasteiger partial charge in [0.1, 0.15) is 0 Å². The Balaban J connectivity index is 1.44. The summed E-state index contributed by atoms with van der Waals surface area (Å²) in [4.78, 5) is 28.5. The molecule has 1 aliphatic heterocycles. The highest BCUT2D eigenvalue weighted by Gasteiger charge is 2.38. The molecular formula is C23H28ClN3O3S. The second-order valence-electron chi connectivity index (χ2n) is 8.19. The van der Waals surface area contributed by atoms with Gasteiger partial charge in [0.2, 0.25) is 0 Å². The average molecular weight is 462 g/mol. The number of hydrogen-bond donors (Lipinski definition) is 2. The molecule has 8 heteroatoms. The number of ether oxygens (including phenoxy) is 1. The molecule has 4 rings (SSSR count). The Bertz CT molecular complexity index is 907. The number of anilines is 1. The van der Waals surface area contributed by atoms with Crippen molar-refractivity contribution in [1.82, 2.24) is 10.2 Å². The summed E-state index contributed by atoms with van der Waals surface area (Å²) >= 11 is 7.62. The Morgan fingerprint density at radius 3 is 2.58 bits per heavy atom. The normalized spacial score (nSPS) is 19.0. The molecule has 1 saturated heterocycles. The Morgan fingerprint density at radius 2 is 1.87 bits per heavy atom. The average Bonchev–Trinajstić information content (AvgIpc) is 3.35. The van der Waals surface area contributed by atoms with Crippen molar-refractivity contribution in [2.45, 2.75) is 37.6 Å². The SMILES string of the molecule is O=C(NCC1(N2CCOCC2)CCCCC1)c1ccc(Cl)c(NC(=O)c2cccs2)c1. The number of hydrogen-bond acceptors (Lipinski definition) is 5. The van der Waals surface area contributed by atoms with Crippen molar-refractivity contribution in [2.75, 3.05) is 38.2 Å². The molecule has 0 atom stereocenters. The zero-order valence-electron chi connectivity index (χ0n) is 17.5.